The van der Waals surface area contributed by atoms with Gasteiger partial charge in [0.1, 0.15) is 0 Å². The Bertz CT molecular complexity index is 1050. The number of esters is 1. The normalized spacial score (nSPS) is 10.5. The maximum atomic E-state index is 12.4. The molecule has 0 atom stereocenters. The van der Waals surface area contributed by atoms with E-state index in [1.165, 1.54) is 19.2 Å². The minimum atomic E-state index is -0.613. The highest BCUT2D eigenvalue weighted by atomic mass is 35.5. The molecule has 0 radical (unpaired) electrons. The van der Waals surface area contributed by atoms with Gasteiger partial charge in [-0.15, -0.1) is 0 Å². The highest BCUT2D eigenvalue weighted by molar-refractivity contribution is 6.34. The van der Waals surface area contributed by atoms with Gasteiger partial charge in [-0.3, -0.25) is 20.0 Å². The number of nitro benzene ring substituents is 1. The average molecular weight is 375 g/mol. The van der Waals surface area contributed by atoms with Crippen LogP contribution in [-0.4, -0.2) is 34.1 Å². The number of hydrogen-bond acceptors (Lipinski definition) is 6. The van der Waals surface area contributed by atoms with Gasteiger partial charge in [0.2, 0.25) is 0 Å². The van der Waals surface area contributed by atoms with E-state index >= 15 is 0 Å². The van der Waals surface area contributed by atoms with Crippen molar-refractivity contribution in [3.63, 3.8) is 0 Å². The lowest BCUT2D eigenvalue weighted by Crippen LogP contribution is -2.12. The number of nitro groups is 1. The molecule has 3 rings (SSSR count). The second-order valence-electron chi connectivity index (χ2n) is 5.20. The summed E-state index contributed by atoms with van der Waals surface area (Å²) in [5.41, 5.74) is 0.944. The van der Waals surface area contributed by atoms with Gasteiger partial charge in [-0.1, -0.05) is 11.6 Å². The molecule has 10 heteroatoms. The smallest absolute Gasteiger partial charge is 0.359 e. The summed E-state index contributed by atoms with van der Waals surface area (Å²) in [5.74, 6) is -1.16. The number of rotatable bonds is 4. The summed E-state index contributed by atoms with van der Waals surface area (Å²) >= 11 is 5.96. The summed E-state index contributed by atoms with van der Waals surface area (Å²) < 4.78 is 4.66. The first kappa shape index (κ1) is 17.4. The number of fused-ring (bicyclic) bond motifs is 1. The van der Waals surface area contributed by atoms with Crippen LogP contribution in [0, 0.1) is 10.1 Å². The van der Waals surface area contributed by atoms with Crippen molar-refractivity contribution in [2.24, 2.45) is 0 Å². The fourth-order valence-electron chi connectivity index (χ4n) is 2.34. The van der Waals surface area contributed by atoms with E-state index in [9.17, 15) is 19.7 Å². The van der Waals surface area contributed by atoms with Gasteiger partial charge in [0.05, 0.1) is 28.1 Å². The van der Waals surface area contributed by atoms with Gasteiger partial charge in [0.15, 0.2) is 5.69 Å². The van der Waals surface area contributed by atoms with Crippen LogP contribution in [0.3, 0.4) is 0 Å². The van der Waals surface area contributed by atoms with E-state index in [1.807, 2.05) is 0 Å². The van der Waals surface area contributed by atoms with Crippen molar-refractivity contribution in [3.8, 4) is 0 Å². The molecule has 26 heavy (non-hydrogen) atoms. The molecule has 0 unspecified atom stereocenters. The third-order valence-electron chi connectivity index (χ3n) is 3.61. The van der Waals surface area contributed by atoms with E-state index in [-0.39, 0.29) is 22.0 Å². The van der Waals surface area contributed by atoms with Crippen LogP contribution < -0.4 is 5.32 Å². The van der Waals surface area contributed by atoms with Crippen LogP contribution >= 0.6 is 11.6 Å². The molecule has 0 saturated carbocycles. The summed E-state index contributed by atoms with van der Waals surface area (Å²) in [4.78, 5) is 34.2. The molecule has 1 heterocycles. The van der Waals surface area contributed by atoms with Crippen LogP contribution in [0.5, 0.6) is 0 Å². The topological polar surface area (TPSA) is 127 Å². The molecule has 0 saturated heterocycles. The lowest BCUT2D eigenvalue weighted by molar-refractivity contribution is -0.384. The zero-order valence-corrected chi connectivity index (χ0v) is 14.0. The summed E-state index contributed by atoms with van der Waals surface area (Å²) in [6.07, 6.45) is 0. The number of aromatic nitrogens is 2. The minimum absolute atomic E-state index is 0.0451. The van der Waals surface area contributed by atoms with Gasteiger partial charge in [-0.2, -0.15) is 5.10 Å². The molecule has 1 aromatic heterocycles. The number of non-ortho nitro benzene ring substituents is 1. The van der Waals surface area contributed by atoms with E-state index in [1.54, 1.807) is 18.2 Å². The van der Waals surface area contributed by atoms with Crippen LogP contribution in [0.2, 0.25) is 5.02 Å². The molecule has 3 aromatic rings. The molecule has 0 spiro atoms. The number of nitrogens with one attached hydrogen (secondary N) is 2. The maximum absolute atomic E-state index is 12.4. The van der Waals surface area contributed by atoms with Crippen LogP contribution in [0.4, 0.5) is 11.4 Å². The first-order valence-electron chi connectivity index (χ1n) is 7.22. The lowest BCUT2D eigenvalue weighted by Gasteiger charge is -2.07. The Morgan fingerprint density at radius 1 is 1.27 bits per heavy atom. The van der Waals surface area contributed by atoms with Gasteiger partial charge >= 0.3 is 5.97 Å². The Labute approximate surface area is 151 Å². The molecule has 0 fully saturated rings. The number of anilines is 1. The number of amides is 1. The monoisotopic (exact) mass is 374 g/mol. The van der Waals surface area contributed by atoms with Crippen molar-refractivity contribution in [1.82, 2.24) is 10.2 Å². The zero-order valence-electron chi connectivity index (χ0n) is 13.3. The molecule has 0 aliphatic rings. The highest BCUT2D eigenvalue weighted by Crippen LogP contribution is 2.25. The number of benzene rings is 2. The second kappa shape index (κ2) is 6.81. The SMILES string of the molecule is COC(=O)c1n[nH]c2ccc(NC(=O)c3ccc([N+](=O)[O-])cc3Cl)cc12. The number of nitrogens with zero attached hydrogens (tertiary/aromatic N) is 2. The average Bonchev–Trinajstić information content (AvgIpc) is 3.04. The summed E-state index contributed by atoms with van der Waals surface area (Å²) in [6, 6.07) is 8.37. The highest BCUT2D eigenvalue weighted by Gasteiger charge is 2.17. The van der Waals surface area contributed by atoms with Gasteiger partial charge in [-0.05, 0) is 24.3 Å². The molecular weight excluding hydrogens is 364 g/mol. The largest absolute Gasteiger partial charge is 0.464 e. The Kier molecular flexibility index (Phi) is 4.55. The van der Waals surface area contributed by atoms with Gasteiger partial charge < -0.3 is 10.1 Å². The van der Waals surface area contributed by atoms with Gasteiger partial charge in [-0.25, -0.2) is 4.79 Å². The van der Waals surface area contributed by atoms with E-state index in [0.29, 0.717) is 16.6 Å². The van der Waals surface area contributed by atoms with Crippen LogP contribution in [0.1, 0.15) is 20.8 Å². The number of carbonyl (C=O) groups is 2. The van der Waals surface area contributed by atoms with Crippen LogP contribution in [-0.2, 0) is 4.74 Å². The number of carbonyl (C=O) groups excluding carboxylic acids is 2. The summed E-state index contributed by atoms with van der Waals surface area (Å²) in [5, 5.41) is 20.4. The first-order valence-corrected chi connectivity index (χ1v) is 7.60. The van der Waals surface area contributed by atoms with Crippen molar-refractivity contribution < 1.29 is 19.2 Å². The number of hydrogen-bond donors (Lipinski definition) is 2. The van der Waals surface area contributed by atoms with E-state index in [2.05, 4.69) is 20.3 Å². The van der Waals surface area contributed by atoms with Crippen LogP contribution in [0.15, 0.2) is 36.4 Å². The van der Waals surface area contributed by atoms with Crippen molar-refractivity contribution in [3.05, 3.63) is 62.8 Å². The predicted molar refractivity (Wildman–Crippen MR) is 93.5 cm³/mol. The van der Waals surface area contributed by atoms with Gasteiger partial charge in [0.25, 0.3) is 11.6 Å². The molecule has 0 bridgehead atoms. The number of methoxy groups -OCH3 is 1. The van der Waals surface area contributed by atoms with E-state index in [0.717, 1.165) is 6.07 Å². The third kappa shape index (κ3) is 3.20. The molecule has 1 amide bonds. The van der Waals surface area contributed by atoms with Crippen molar-refractivity contribution in [2.75, 3.05) is 12.4 Å². The Hall–Kier alpha value is -3.46. The quantitative estimate of drug-likeness (QED) is 0.410. The molecule has 9 nitrogen and oxygen atoms in total. The number of aromatic amines is 1. The fourth-order valence-corrected chi connectivity index (χ4v) is 2.60. The summed E-state index contributed by atoms with van der Waals surface area (Å²) in [6.45, 7) is 0. The Morgan fingerprint density at radius 3 is 2.69 bits per heavy atom. The number of H-pyrrole nitrogens is 1. The molecule has 0 aliphatic heterocycles. The van der Waals surface area contributed by atoms with Crippen LogP contribution in [0.25, 0.3) is 10.9 Å². The van der Waals surface area contributed by atoms with Crippen molar-refractivity contribution in [2.45, 2.75) is 0 Å². The van der Waals surface area contributed by atoms with E-state index < -0.39 is 16.8 Å². The molecule has 2 aromatic carbocycles. The molecule has 132 valence electrons. The maximum Gasteiger partial charge on any atom is 0.359 e. The molecule has 0 aliphatic carbocycles. The number of ether oxygens (including phenoxy) is 1. The third-order valence-corrected chi connectivity index (χ3v) is 3.92. The lowest BCUT2D eigenvalue weighted by atomic mass is 10.1. The number of halogens is 1. The fraction of sp³-hybridized carbons (Fsp3) is 0.0625. The molecular formula is C16H11ClN4O5. The van der Waals surface area contributed by atoms with Gasteiger partial charge in [0, 0.05) is 23.2 Å². The van der Waals surface area contributed by atoms with Crippen molar-refractivity contribution in [1.29, 1.82) is 0 Å². The predicted octanol–water partition coefficient (Wildman–Crippen LogP) is 3.16. The Balaban J connectivity index is 1.90. The minimum Gasteiger partial charge on any atom is -0.464 e. The van der Waals surface area contributed by atoms with Crippen molar-refractivity contribution >= 4 is 45.8 Å². The Morgan fingerprint density at radius 2 is 2.04 bits per heavy atom. The second-order valence-corrected chi connectivity index (χ2v) is 5.61. The molecule has 2 N–H and O–H groups in total. The summed E-state index contributed by atoms with van der Waals surface area (Å²) in [7, 11) is 1.24. The standard InChI is InChI=1S/C16H11ClN4O5/c1-26-16(23)14-11-6-8(2-5-13(11)19-20-14)18-15(22)10-4-3-9(21(24)25)7-12(10)17/h2-7H,1H3,(H,18,22)(H,19,20). The van der Waals surface area contributed by atoms with E-state index in [4.69, 9.17) is 11.6 Å². The zero-order chi connectivity index (χ0) is 18.8. The first-order chi connectivity index (χ1) is 12.4.